The molecule has 1 heterocycles. The van der Waals surface area contributed by atoms with Gasteiger partial charge in [0.1, 0.15) is 11.1 Å². The molecule has 6 heteroatoms. The molecule has 0 aliphatic carbocycles. The maximum atomic E-state index is 11.7. The van der Waals surface area contributed by atoms with Crippen LogP contribution in [0.3, 0.4) is 0 Å². The number of nitriles is 1. The number of rotatable bonds is 2. The minimum absolute atomic E-state index is 0.136. The standard InChI is InChI=1S/C17H10BrN3O2/c18-12-2-4-13(5-3-12)21-17-14(16(20)22)8-11-7-10(9-19)1-6-15(11)23-17/h1-8H,(H2,20,22). The van der Waals surface area contributed by atoms with Crippen molar-refractivity contribution in [3.05, 3.63) is 69.7 Å². The van der Waals surface area contributed by atoms with E-state index in [1.54, 1.807) is 36.4 Å². The summed E-state index contributed by atoms with van der Waals surface area (Å²) in [6.07, 6.45) is 0. The fraction of sp³-hybridized carbons (Fsp3) is 0. The molecule has 3 rings (SSSR count). The molecule has 2 N–H and O–H groups in total. The van der Waals surface area contributed by atoms with Gasteiger partial charge in [-0.2, -0.15) is 5.26 Å². The van der Waals surface area contributed by atoms with Gasteiger partial charge >= 0.3 is 0 Å². The Balaban J connectivity index is 2.26. The van der Waals surface area contributed by atoms with Crippen LogP contribution in [0.1, 0.15) is 15.9 Å². The van der Waals surface area contributed by atoms with Gasteiger partial charge in [0.05, 0.1) is 17.3 Å². The molecule has 0 atom stereocenters. The molecule has 23 heavy (non-hydrogen) atoms. The van der Waals surface area contributed by atoms with E-state index in [0.717, 1.165) is 4.47 Å². The predicted molar refractivity (Wildman–Crippen MR) is 88.8 cm³/mol. The van der Waals surface area contributed by atoms with Crippen molar-refractivity contribution in [2.45, 2.75) is 0 Å². The van der Waals surface area contributed by atoms with E-state index in [0.29, 0.717) is 22.2 Å². The third-order valence-electron chi connectivity index (χ3n) is 3.20. The van der Waals surface area contributed by atoms with Gasteiger partial charge in [-0.3, -0.25) is 4.79 Å². The molecule has 0 saturated heterocycles. The third kappa shape index (κ3) is 3.15. The fourth-order valence-electron chi connectivity index (χ4n) is 2.09. The van der Waals surface area contributed by atoms with Gasteiger partial charge in [0.2, 0.25) is 5.55 Å². The first-order valence-corrected chi connectivity index (χ1v) is 7.44. The molecule has 0 fully saturated rings. The molecule has 112 valence electrons. The van der Waals surface area contributed by atoms with Gasteiger partial charge < -0.3 is 10.2 Å². The van der Waals surface area contributed by atoms with E-state index < -0.39 is 5.91 Å². The van der Waals surface area contributed by atoms with Crippen LogP contribution in [-0.4, -0.2) is 5.91 Å². The van der Waals surface area contributed by atoms with E-state index in [9.17, 15) is 4.79 Å². The smallest absolute Gasteiger partial charge is 0.254 e. The summed E-state index contributed by atoms with van der Waals surface area (Å²) in [4.78, 5) is 16.0. The highest BCUT2D eigenvalue weighted by atomic mass is 79.9. The molecular formula is C17H10BrN3O2. The van der Waals surface area contributed by atoms with Gasteiger partial charge in [-0.25, -0.2) is 4.99 Å². The number of hydrogen-bond acceptors (Lipinski definition) is 4. The highest BCUT2D eigenvalue weighted by Crippen LogP contribution is 2.18. The third-order valence-corrected chi connectivity index (χ3v) is 3.73. The minimum Gasteiger partial charge on any atom is -0.438 e. The Morgan fingerprint density at radius 3 is 2.57 bits per heavy atom. The molecule has 5 nitrogen and oxygen atoms in total. The Hall–Kier alpha value is -2.91. The lowest BCUT2D eigenvalue weighted by molar-refractivity contribution is 0.0996. The lowest BCUT2D eigenvalue weighted by atomic mass is 10.1. The molecule has 1 amide bonds. The van der Waals surface area contributed by atoms with Crippen LogP contribution in [0.25, 0.3) is 11.0 Å². The molecule has 0 spiro atoms. The van der Waals surface area contributed by atoms with Gasteiger partial charge in [-0.05, 0) is 48.5 Å². The van der Waals surface area contributed by atoms with Crippen molar-refractivity contribution in [2.24, 2.45) is 10.7 Å². The zero-order chi connectivity index (χ0) is 16.4. The molecule has 0 radical (unpaired) electrons. The van der Waals surface area contributed by atoms with Crippen LogP contribution in [0.15, 0.2) is 62.4 Å². The number of amides is 1. The second-order valence-electron chi connectivity index (χ2n) is 4.78. The van der Waals surface area contributed by atoms with E-state index in [-0.39, 0.29) is 11.1 Å². The first kappa shape index (κ1) is 15.0. The van der Waals surface area contributed by atoms with E-state index in [1.807, 2.05) is 18.2 Å². The quantitative estimate of drug-likeness (QED) is 0.751. The largest absolute Gasteiger partial charge is 0.438 e. The molecule has 0 saturated carbocycles. The number of carbonyl (C=O) groups excluding carboxylic acids is 1. The monoisotopic (exact) mass is 367 g/mol. The molecule has 3 aromatic rings. The van der Waals surface area contributed by atoms with E-state index in [1.165, 1.54) is 0 Å². The summed E-state index contributed by atoms with van der Waals surface area (Å²) in [5, 5.41) is 9.57. The predicted octanol–water partition coefficient (Wildman–Crippen LogP) is 3.40. The Bertz CT molecular complexity index is 1010. The summed E-state index contributed by atoms with van der Waals surface area (Å²) in [5.74, 6) is -0.645. The number of benzene rings is 2. The summed E-state index contributed by atoms with van der Waals surface area (Å²) >= 11 is 3.35. The van der Waals surface area contributed by atoms with Crippen molar-refractivity contribution >= 4 is 38.5 Å². The van der Waals surface area contributed by atoms with Crippen LogP contribution < -0.4 is 11.3 Å². The number of primary amides is 1. The normalized spacial score (nSPS) is 11.4. The first-order chi connectivity index (χ1) is 11.1. The van der Waals surface area contributed by atoms with Gasteiger partial charge in [0, 0.05) is 9.86 Å². The maximum Gasteiger partial charge on any atom is 0.254 e. The van der Waals surface area contributed by atoms with Crippen molar-refractivity contribution in [3.8, 4) is 6.07 Å². The highest BCUT2D eigenvalue weighted by Gasteiger charge is 2.10. The van der Waals surface area contributed by atoms with Gasteiger partial charge in [-0.1, -0.05) is 15.9 Å². The molecule has 0 unspecified atom stereocenters. The SMILES string of the molecule is N#Cc1ccc2oc(=Nc3ccc(Br)cc3)c(C(N)=O)cc2c1. The Morgan fingerprint density at radius 1 is 1.17 bits per heavy atom. The second kappa shape index (κ2) is 6.07. The van der Waals surface area contributed by atoms with Crippen LogP contribution in [0.4, 0.5) is 5.69 Å². The van der Waals surface area contributed by atoms with Gasteiger partial charge in [0.15, 0.2) is 0 Å². The van der Waals surface area contributed by atoms with Crippen LogP contribution in [0, 0.1) is 11.3 Å². The van der Waals surface area contributed by atoms with E-state index in [4.69, 9.17) is 15.4 Å². The van der Waals surface area contributed by atoms with Crippen molar-refractivity contribution in [1.29, 1.82) is 5.26 Å². The average molecular weight is 368 g/mol. The lowest BCUT2D eigenvalue weighted by Crippen LogP contribution is -2.21. The second-order valence-corrected chi connectivity index (χ2v) is 5.70. The molecule has 1 aromatic heterocycles. The number of halogens is 1. The number of fused-ring (bicyclic) bond motifs is 1. The van der Waals surface area contributed by atoms with E-state index in [2.05, 4.69) is 20.9 Å². The minimum atomic E-state index is -0.645. The van der Waals surface area contributed by atoms with Gasteiger partial charge in [0.25, 0.3) is 5.91 Å². The molecule has 0 bridgehead atoms. The Labute approximate surface area is 139 Å². The number of nitrogens with zero attached hydrogens (tertiary/aromatic N) is 2. The number of hydrogen-bond donors (Lipinski definition) is 1. The van der Waals surface area contributed by atoms with Crippen molar-refractivity contribution in [2.75, 3.05) is 0 Å². The van der Waals surface area contributed by atoms with Crippen LogP contribution >= 0.6 is 15.9 Å². The Morgan fingerprint density at radius 2 is 1.91 bits per heavy atom. The summed E-state index contributed by atoms with van der Waals surface area (Å²) < 4.78 is 6.62. The Kier molecular flexibility index (Phi) is 3.96. The molecular weight excluding hydrogens is 358 g/mol. The van der Waals surface area contributed by atoms with Crippen LogP contribution in [0.5, 0.6) is 0 Å². The molecule has 0 aliphatic rings. The average Bonchev–Trinajstić information content (AvgIpc) is 2.55. The molecule has 0 aliphatic heterocycles. The molecule has 2 aromatic carbocycles. The maximum absolute atomic E-state index is 11.7. The zero-order valence-corrected chi connectivity index (χ0v) is 13.4. The fourth-order valence-corrected chi connectivity index (χ4v) is 2.36. The van der Waals surface area contributed by atoms with Gasteiger partial charge in [-0.15, -0.1) is 0 Å². The summed E-state index contributed by atoms with van der Waals surface area (Å²) in [7, 11) is 0. The zero-order valence-electron chi connectivity index (χ0n) is 11.8. The topological polar surface area (TPSA) is 92.4 Å². The number of nitrogens with two attached hydrogens (primary N) is 1. The first-order valence-electron chi connectivity index (χ1n) is 6.65. The summed E-state index contributed by atoms with van der Waals surface area (Å²) in [5.41, 5.74) is 7.34. The lowest BCUT2D eigenvalue weighted by Gasteiger charge is -2.02. The van der Waals surface area contributed by atoms with Crippen LogP contribution in [0.2, 0.25) is 0 Å². The summed E-state index contributed by atoms with van der Waals surface area (Å²) in [6, 6.07) is 15.8. The van der Waals surface area contributed by atoms with E-state index >= 15 is 0 Å². The highest BCUT2D eigenvalue weighted by molar-refractivity contribution is 9.10. The number of carbonyl (C=O) groups is 1. The van der Waals surface area contributed by atoms with Crippen molar-refractivity contribution < 1.29 is 9.21 Å². The van der Waals surface area contributed by atoms with Crippen molar-refractivity contribution in [3.63, 3.8) is 0 Å². The van der Waals surface area contributed by atoms with Crippen molar-refractivity contribution in [1.82, 2.24) is 0 Å². The van der Waals surface area contributed by atoms with Crippen LogP contribution in [-0.2, 0) is 0 Å². The summed E-state index contributed by atoms with van der Waals surface area (Å²) in [6.45, 7) is 0.